The van der Waals surface area contributed by atoms with Crippen LogP contribution in [0.1, 0.15) is 27.2 Å². The highest BCUT2D eigenvalue weighted by Gasteiger charge is 2.25. The average Bonchev–Trinajstić information content (AvgIpc) is 3.08. The summed E-state index contributed by atoms with van der Waals surface area (Å²) in [6.07, 6.45) is 0. The molecule has 0 fully saturated rings. The van der Waals surface area contributed by atoms with Gasteiger partial charge in [-0.2, -0.15) is 0 Å². The summed E-state index contributed by atoms with van der Waals surface area (Å²) in [4.78, 5) is 38.9. The summed E-state index contributed by atoms with van der Waals surface area (Å²) in [7, 11) is 0. The minimum atomic E-state index is -0.763. The number of hydrogen-bond acceptors (Lipinski definition) is 8. The predicted molar refractivity (Wildman–Crippen MR) is 115 cm³/mol. The molecule has 0 aliphatic carbocycles. The van der Waals surface area contributed by atoms with Gasteiger partial charge in [0, 0.05) is 33.3 Å². The fraction of sp³-hybridized carbons (Fsp3) is 0.158. The van der Waals surface area contributed by atoms with E-state index in [-0.39, 0.29) is 11.1 Å². The van der Waals surface area contributed by atoms with Crippen molar-refractivity contribution in [1.29, 1.82) is 0 Å². The Balaban J connectivity index is 1.87. The molecule has 2 aromatic carbocycles. The van der Waals surface area contributed by atoms with Gasteiger partial charge in [0.2, 0.25) is 0 Å². The van der Waals surface area contributed by atoms with Crippen LogP contribution in [0.4, 0.5) is 17.1 Å². The predicted octanol–water partition coefficient (Wildman–Crippen LogP) is 5.29. The van der Waals surface area contributed by atoms with Crippen LogP contribution in [0, 0.1) is 41.0 Å². The summed E-state index contributed by atoms with van der Waals surface area (Å²) in [6.45, 7) is 5.12. The van der Waals surface area contributed by atoms with Crippen LogP contribution >= 0.6 is 23.1 Å². The molecule has 0 aliphatic rings. The molecule has 1 N–H and O–H groups in total. The highest BCUT2D eigenvalue weighted by molar-refractivity contribution is 8.01. The zero-order chi connectivity index (χ0) is 22.0. The molecule has 1 heterocycles. The number of aryl methyl sites for hydroxylation is 2. The highest BCUT2D eigenvalue weighted by Crippen LogP contribution is 2.33. The fourth-order valence-corrected chi connectivity index (χ4v) is 4.63. The molecule has 0 bridgehead atoms. The third kappa shape index (κ3) is 4.63. The van der Waals surface area contributed by atoms with E-state index < -0.39 is 27.1 Å². The van der Waals surface area contributed by atoms with Crippen LogP contribution in [0.3, 0.4) is 0 Å². The molecule has 0 aliphatic heterocycles. The molecule has 0 unspecified atom stereocenters. The molecule has 0 atom stereocenters. The van der Waals surface area contributed by atoms with E-state index in [0.717, 1.165) is 32.6 Å². The van der Waals surface area contributed by atoms with E-state index in [0.29, 0.717) is 5.69 Å². The number of carbonyl (C=O) groups is 1. The monoisotopic (exact) mass is 444 g/mol. The summed E-state index contributed by atoms with van der Waals surface area (Å²) >= 11 is 3.05. The Morgan fingerprint density at radius 2 is 1.83 bits per heavy atom. The molecular formula is C19H16N4O5S2. The van der Waals surface area contributed by atoms with Gasteiger partial charge < -0.3 is 5.32 Å². The van der Waals surface area contributed by atoms with Crippen molar-refractivity contribution < 1.29 is 14.6 Å². The largest absolute Gasteiger partial charge is 0.322 e. The SMILES string of the molecule is Cc1csc(Sc2ccc(NC(=O)c3cc([N+](=O)[O-])cc([N+](=O)[O-])c3C)c(C)c2)n1. The normalized spacial score (nSPS) is 10.6. The van der Waals surface area contributed by atoms with Crippen LogP contribution in [-0.2, 0) is 0 Å². The number of nitrogens with zero attached hydrogens (tertiary/aromatic N) is 3. The first kappa shape index (κ1) is 21.4. The van der Waals surface area contributed by atoms with Gasteiger partial charge in [-0.3, -0.25) is 25.0 Å². The molecular weight excluding hydrogens is 428 g/mol. The lowest BCUT2D eigenvalue weighted by Gasteiger charge is -2.11. The number of aromatic nitrogens is 1. The number of carbonyl (C=O) groups excluding carboxylic acids is 1. The van der Waals surface area contributed by atoms with Crippen molar-refractivity contribution in [2.75, 3.05) is 5.32 Å². The van der Waals surface area contributed by atoms with E-state index in [2.05, 4.69) is 10.3 Å². The Kier molecular flexibility index (Phi) is 6.13. The smallest absolute Gasteiger partial charge is 0.279 e. The zero-order valence-electron chi connectivity index (χ0n) is 16.2. The molecule has 0 radical (unpaired) electrons. The van der Waals surface area contributed by atoms with E-state index in [1.807, 2.05) is 31.4 Å². The molecule has 154 valence electrons. The number of nitro groups is 2. The van der Waals surface area contributed by atoms with Gasteiger partial charge in [-0.15, -0.1) is 11.3 Å². The number of amides is 1. The van der Waals surface area contributed by atoms with Crippen LogP contribution in [0.25, 0.3) is 0 Å². The van der Waals surface area contributed by atoms with Gasteiger partial charge in [0.25, 0.3) is 17.3 Å². The molecule has 30 heavy (non-hydrogen) atoms. The molecule has 1 amide bonds. The third-order valence-corrected chi connectivity index (χ3v) is 6.31. The number of non-ortho nitro benzene ring substituents is 1. The Hall–Kier alpha value is -3.31. The Labute approximate surface area is 179 Å². The summed E-state index contributed by atoms with van der Waals surface area (Å²) in [6, 6.07) is 7.33. The summed E-state index contributed by atoms with van der Waals surface area (Å²) in [5, 5.41) is 27.0. The fourth-order valence-electron chi connectivity index (χ4n) is 2.72. The topological polar surface area (TPSA) is 128 Å². The van der Waals surface area contributed by atoms with Crippen molar-refractivity contribution in [3.05, 3.63) is 78.3 Å². The number of benzene rings is 2. The Morgan fingerprint density at radius 3 is 2.40 bits per heavy atom. The van der Waals surface area contributed by atoms with Gasteiger partial charge in [-0.05, 0) is 44.5 Å². The van der Waals surface area contributed by atoms with Gasteiger partial charge in [-0.25, -0.2) is 4.98 Å². The highest BCUT2D eigenvalue weighted by atomic mass is 32.2. The lowest BCUT2D eigenvalue weighted by Crippen LogP contribution is -2.15. The molecule has 3 rings (SSSR count). The van der Waals surface area contributed by atoms with Crippen LogP contribution < -0.4 is 5.32 Å². The number of rotatable bonds is 6. The first-order valence-electron chi connectivity index (χ1n) is 8.61. The second-order valence-corrected chi connectivity index (χ2v) is 8.62. The number of hydrogen-bond donors (Lipinski definition) is 1. The minimum Gasteiger partial charge on any atom is -0.322 e. The van der Waals surface area contributed by atoms with Crippen molar-refractivity contribution >= 4 is 46.1 Å². The van der Waals surface area contributed by atoms with Crippen LogP contribution in [0.5, 0.6) is 0 Å². The Morgan fingerprint density at radius 1 is 1.10 bits per heavy atom. The molecule has 11 heteroatoms. The van der Waals surface area contributed by atoms with E-state index in [9.17, 15) is 25.0 Å². The van der Waals surface area contributed by atoms with Gasteiger partial charge in [-0.1, -0.05) is 11.8 Å². The van der Waals surface area contributed by atoms with E-state index in [1.165, 1.54) is 18.7 Å². The van der Waals surface area contributed by atoms with Crippen molar-refractivity contribution in [2.24, 2.45) is 0 Å². The molecule has 0 saturated carbocycles. The van der Waals surface area contributed by atoms with Crippen LogP contribution in [0.15, 0.2) is 44.9 Å². The second-order valence-electron chi connectivity index (χ2n) is 6.44. The first-order valence-corrected chi connectivity index (χ1v) is 10.3. The lowest BCUT2D eigenvalue weighted by atomic mass is 10.0. The molecule has 0 spiro atoms. The maximum Gasteiger partial charge on any atom is 0.279 e. The molecule has 1 aromatic heterocycles. The van der Waals surface area contributed by atoms with Gasteiger partial charge in [0.15, 0.2) is 4.34 Å². The summed E-state index contributed by atoms with van der Waals surface area (Å²) < 4.78 is 0.906. The van der Waals surface area contributed by atoms with Crippen LogP contribution in [-0.4, -0.2) is 20.7 Å². The maximum absolute atomic E-state index is 12.7. The average molecular weight is 444 g/mol. The molecule has 3 aromatic rings. The summed E-state index contributed by atoms with van der Waals surface area (Å²) in [5.41, 5.74) is 1.19. The maximum atomic E-state index is 12.7. The van der Waals surface area contributed by atoms with Crippen molar-refractivity contribution in [1.82, 2.24) is 4.98 Å². The van der Waals surface area contributed by atoms with Crippen molar-refractivity contribution in [3.8, 4) is 0 Å². The number of anilines is 1. The van der Waals surface area contributed by atoms with Gasteiger partial charge in [0.05, 0.1) is 21.5 Å². The van der Waals surface area contributed by atoms with Gasteiger partial charge in [0.1, 0.15) is 0 Å². The first-order chi connectivity index (χ1) is 14.2. The van der Waals surface area contributed by atoms with E-state index in [1.54, 1.807) is 17.4 Å². The molecule has 0 saturated heterocycles. The number of nitrogens with one attached hydrogen (secondary N) is 1. The van der Waals surface area contributed by atoms with Gasteiger partial charge >= 0.3 is 0 Å². The number of nitro benzene ring substituents is 2. The number of thiazole rings is 1. The van der Waals surface area contributed by atoms with E-state index >= 15 is 0 Å². The zero-order valence-corrected chi connectivity index (χ0v) is 17.8. The summed E-state index contributed by atoms with van der Waals surface area (Å²) in [5.74, 6) is -0.654. The minimum absolute atomic E-state index is 0.0621. The standard InChI is InChI=1S/C19H16N4O5S2/c1-10-6-14(30-19-20-11(2)9-29-19)4-5-16(10)21-18(24)15-7-13(22(25)26)8-17(12(15)3)23(27)28/h4-9H,1-3H3,(H,21,24). The molecule has 9 nitrogen and oxygen atoms in total. The Bertz CT molecular complexity index is 1180. The van der Waals surface area contributed by atoms with E-state index in [4.69, 9.17) is 0 Å². The van der Waals surface area contributed by atoms with Crippen molar-refractivity contribution in [3.63, 3.8) is 0 Å². The lowest BCUT2D eigenvalue weighted by molar-refractivity contribution is -0.394. The van der Waals surface area contributed by atoms with Crippen molar-refractivity contribution in [2.45, 2.75) is 30.0 Å². The quantitative estimate of drug-likeness (QED) is 0.404. The third-order valence-electron chi connectivity index (χ3n) is 4.27. The van der Waals surface area contributed by atoms with Crippen LogP contribution in [0.2, 0.25) is 0 Å². The second kappa shape index (κ2) is 8.59.